The molecule has 0 saturated heterocycles. The largest absolute Gasteiger partial charge is 0.356 e. The third kappa shape index (κ3) is 3.91. The van der Waals surface area contributed by atoms with Crippen molar-refractivity contribution < 1.29 is 4.79 Å². The molecule has 0 spiro atoms. The van der Waals surface area contributed by atoms with Gasteiger partial charge in [-0.05, 0) is 37.1 Å². The van der Waals surface area contributed by atoms with E-state index in [0.717, 1.165) is 28.6 Å². The van der Waals surface area contributed by atoms with Crippen LogP contribution in [0.25, 0.3) is 17.0 Å². The highest BCUT2D eigenvalue weighted by molar-refractivity contribution is 5.81. The lowest BCUT2D eigenvalue weighted by Crippen LogP contribution is -2.20. The molecule has 19 heavy (non-hydrogen) atoms. The van der Waals surface area contributed by atoms with E-state index in [4.69, 9.17) is 0 Å². The number of aromatic nitrogens is 1. The van der Waals surface area contributed by atoms with Gasteiger partial charge in [-0.3, -0.25) is 9.78 Å². The summed E-state index contributed by atoms with van der Waals surface area (Å²) in [5.74, 6) is 0.0144. The summed E-state index contributed by atoms with van der Waals surface area (Å²) >= 11 is 0. The summed E-state index contributed by atoms with van der Waals surface area (Å²) < 4.78 is 0. The standard InChI is InChI=1S/C16H18N2O/c1-12-6-8-15-11-14(7-9-16(15)18-12)5-3-4-10-17-13(2)19/h3,5-9,11H,4,10H2,1-2H3,(H,17,19). The molecule has 0 bridgehead atoms. The van der Waals surface area contributed by atoms with Gasteiger partial charge in [-0.1, -0.05) is 24.3 Å². The number of aryl methyl sites for hydroxylation is 1. The Morgan fingerprint density at radius 1 is 1.32 bits per heavy atom. The van der Waals surface area contributed by atoms with Gasteiger partial charge in [-0.25, -0.2) is 0 Å². The van der Waals surface area contributed by atoms with E-state index in [-0.39, 0.29) is 5.91 Å². The van der Waals surface area contributed by atoms with Crippen LogP contribution in [0.5, 0.6) is 0 Å². The van der Waals surface area contributed by atoms with E-state index in [2.05, 4.69) is 40.7 Å². The Balaban J connectivity index is 2.03. The number of carbonyl (C=O) groups is 1. The summed E-state index contributed by atoms with van der Waals surface area (Å²) in [4.78, 5) is 15.2. The molecule has 3 heteroatoms. The summed E-state index contributed by atoms with van der Waals surface area (Å²) in [5.41, 5.74) is 3.21. The molecule has 1 amide bonds. The number of hydrogen-bond acceptors (Lipinski definition) is 2. The molecule has 0 fully saturated rings. The van der Waals surface area contributed by atoms with E-state index >= 15 is 0 Å². The summed E-state index contributed by atoms with van der Waals surface area (Å²) in [5, 5.41) is 3.92. The van der Waals surface area contributed by atoms with Crippen LogP contribution in [0.1, 0.15) is 24.6 Å². The SMILES string of the molecule is CC(=O)NCCC=Cc1ccc2nc(C)ccc2c1. The molecule has 98 valence electrons. The highest BCUT2D eigenvalue weighted by Crippen LogP contribution is 2.15. The minimum atomic E-state index is 0.0144. The number of nitrogens with one attached hydrogen (secondary N) is 1. The topological polar surface area (TPSA) is 42.0 Å². The van der Waals surface area contributed by atoms with Crippen molar-refractivity contribution in [3.05, 3.63) is 47.7 Å². The molecule has 1 N–H and O–H groups in total. The van der Waals surface area contributed by atoms with Crippen molar-refractivity contribution in [1.29, 1.82) is 0 Å². The molecular formula is C16H18N2O. The summed E-state index contributed by atoms with van der Waals surface area (Å²) in [6.07, 6.45) is 4.98. The van der Waals surface area contributed by atoms with Gasteiger partial charge in [0, 0.05) is 24.5 Å². The van der Waals surface area contributed by atoms with Gasteiger partial charge in [0.15, 0.2) is 0 Å². The molecule has 1 heterocycles. The van der Waals surface area contributed by atoms with Crippen LogP contribution in [-0.2, 0) is 4.79 Å². The Kier molecular flexibility index (Phi) is 4.29. The molecule has 0 aliphatic heterocycles. The number of carbonyl (C=O) groups excluding carboxylic acids is 1. The monoisotopic (exact) mass is 254 g/mol. The number of hydrogen-bond donors (Lipinski definition) is 1. The Labute approximate surface area is 113 Å². The third-order valence-corrected chi connectivity index (χ3v) is 2.85. The van der Waals surface area contributed by atoms with Crippen molar-refractivity contribution in [2.45, 2.75) is 20.3 Å². The normalized spacial score (nSPS) is 11.1. The fraction of sp³-hybridized carbons (Fsp3) is 0.250. The minimum absolute atomic E-state index is 0.0144. The first-order chi connectivity index (χ1) is 9.15. The number of amides is 1. The molecule has 0 atom stereocenters. The van der Waals surface area contributed by atoms with Gasteiger partial charge in [-0.15, -0.1) is 0 Å². The van der Waals surface area contributed by atoms with Crippen LogP contribution in [0.15, 0.2) is 36.4 Å². The van der Waals surface area contributed by atoms with E-state index in [1.165, 1.54) is 6.92 Å². The van der Waals surface area contributed by atoms with E-state index in [9.17, 15) is 4.79 Å². The number of rotatable bonds is 4. The molecule has 0 aliphatic rings. The van der Waals surface area contributed by atoms with Crippen LogP contribution < -0.4 is 5.32 Å². The zero-order valence-corrected chi connectivity index (χ0v) is 11.3. The average molecular weight is 254 g/mol. The molecule has 2 rings (SSSR count). The lowest BCUT2D eigenvalue weighted by atomic mass is 10.1. The van der Waals surface area contributed by atoms with Gasteiger partial charge >= 0.3 is 0 Å². The molecule has 3 nitrogen and oxygen atoms in total. The molecule has 0 saturated carbocycles. The van der Waals surface area contributed by atoms with Gasteiger partial charge in [0.25, 0.3) is 0 Å². The van der Waals surface area contributed by atoms with E-state index in [1.807, 2.05) is 19.1 Å². The average Bonchev–Trinajstić information content (AvgIpc) is 2.38. The first-order valence-corrected chi connectivity index (χ1v) is 6.43. The van der Waals surface area contributed by atoms with Crippen LogP contribution in [0.3, 0.4) is 0 Å². The number of nitrogens with zero attached hydrogens (tertiary/aromatic N) is 1. The van der Waals surface area contributed by atoms with Crippen LogP contribution >= 0.6 is 0 Å². The van der Waals surface area contributed by atoms with Crippen LogP contribution in [0.2, 0.25) is 0 Å². The zero-order chi connectivity index (χ0) is 13.7. The lowest BCUT2D eigenvalue weighted by molar-refractivity contribution is -0.118. The molecular weight excluding hydrogens is 236 g/mol. The van der Waals surface area contributed by atoms with Crippen molar-refractivity contribution in [2.24, 2.45) is 0 Å². The van der Waals surface area contributed by atoms with Gasteiger partial charge in [0.1, 0.15) is 0 Å². The maximum absolute atomic E-state index is 10.7. The summed E-state index contributed by atoms with van der Waals surface area (Å²) in [7, 11) is 0. The van der Waals surface area contributed by atoms with Crippen LogP contribution in [-0.4, -0.2) is 17.4 Å². The number of fused-ring (bicyclic) bond motifs is 1. The second-order valence-electron chi connectivity index (χ2n) is 4.58. The Hall–Kier alpha value is -2.16. The maximum atomic E-state index is 10.7. The minimum Gasteiger partial charge on any atom is -0.356 e. The first kappa shape index (κ1) is 13.3. The molecule has 0 radical (unpaired) electrons. The predicted octanol–water partition coefficient (Wildman–Crippen LogP) is 3.08. The lowest BCUT2D eigenvalue weighted by Gasteiger charge is -2.01. The molecule has 1 aromatic heterocycles. The second-order valence-corrected chi connectivity index (χ2v) is 4.58. The fourth-order valence-electron chi connectivity index (χ4n) is 1.90. The number of benzene rings is 1. The van der Waals surface area contributed by atoms with E-state index in [1.54, 1.807) is 0 Å². The Morgan fingerprint density at radius 3 is 2.95 bits per heavy atom. The van der Waals surface area contributed by atoms with E-state index in [0.29, 0.717) is 6.54 Å². The van der Waals surface area contributed by atoms with Gasteiger partial charge in [-0.2, -0.15) is 0 Å². The van der Waals surface area contributed by atoms with E-state index < -0.39 is 0 Å². The molecule has 0 unspecified atom stereocenters. The maximum Gasteiger partial charge on any atom is 0.216 e. The fourth-order valence-corrected chi connectivity index (χ4v) is 1.90. The van der Waals surface area contributed by atoms with Crippen LogP contribution in [0.4, 0.5) is 0 Å². The Morgan fingerprint density at radius 2 is 2.16 bits per heavy atom. The van der Waals surface area contributed by atoms with Crippen molar-refractivity contribution in [1.82, 2.24) is 10.3 Å². The van der Waals surface area contributed by atoms with Crippen molar-refractivity contribution in [2.75, 3.05) is 6.54 Å². The van der Waals surface area contributed by atoms with Crippen LogP contribution in [0, 0.1) is 6.92 Å². The molecule has 1 aromatic carbocycles. The Bertz CT molecular complexity index is 617. The summed E-state index contributed by atoms with van der Waals surface area (Å²) in [6.45, 7) is 4.21. The van der Waals surface area contributed by atoms with Crippen molar-refractivity contribution in [3.63, 3.8) is 0 Å². The third-order valence-electron chi connectivity index (χ3n) is 2.85. The number of pyridine rings is 1. The van der Waals surface area contributed by atoms with Gasteiger partial charge in [0.2, 0.25) is 5.91 Å². The van der Waals surface area contributed by atoms with Crippen molar-refractivity contribution >= 4 is 22.9 Å². The highest BCUT2D eigenvalue weighted by atomic mass is 16.1. The van der Waals surface area contributed by atoms with Crippen molar-refractivity contribution in [3.8, 4) is 0 Å². The zero-order valence-electron chi connectivity index (χ0n) is 11.3. The molecule has 2 aromatic rings. The smallest absolute Gasteiger partial charge is 0.216 e. The highest BCUT2D eigenvalue weighted by Gasteiger charge is 1.96. The summed E-state index contributed by atoms with van der Waals surface area (Å²) in [6, 6.07) is 10.3. The van der Waals surface area contributed by atoms with Gasteiger partial charge in [0.05, 0.1) is 5.52 Å². The van der Waals surface area contributed by atoms with Gasteiger partial charge < -0.3 is 5.32 Å². The molecule has 0 aliphatic carbocycles. The second kappa shape index (κ2) is 6.14. The quantitative estimate of drug-likeness (QED) is 0.852. The predicted molar refractivity (Wildman–Crippen MR) is 78.8 cm³/mol. The first-order valence-electron chi connectivity index (χ1n) is 6.43.